The van der Waals surface area contributed by atoms with Crippen LogP contribution in [0.1, 0.15) is 11.1 Å². The molecule has 0 aliphatic rings. The maximum atomic E-state index is 10.5. The van der Waals surface area contributed by atoms with Crippen molar-refractivity contribution in [3.63, 3.8) is 0 Å². The van der Waals surface area contributed by atoms with Gasteiger partial charge in [-0.2, -0.15) is 8.42 Å². The average Bonchev–Trinajstić information content (AvgIpc) is 2.56. The van der Waals surface area contributed by atoms with Gasteiger partial charge in [0.15, 0.2) is 0 Å². The third kappa shape index (κ3) is 10.2. The summed E-state index contributed by atoms with van der Waals surface area (Å²) in [6, 6.07) is 15.8. The van der Waals surface area contributed by atoms with E-state index in [-0.39, 0.29) is 23.8 Å². The predicted molar refractivity (Wildman–Crippen MR) is 99.4 cm³/mol. The first kappa shape index (κ1) is 23.5. The minimum Gasteiger partial charge on any atom is -0.389 e. The number of hydrogen-bond acceptors (Lipinski definition) is 5. The van der Waals surface area contributed by atoms with Gasteiger partial charge in [0.2, 0.25) is 0 Å². The maximum absolute atomic E-state index is 10.5. The zero-order valence-corrected chi connectivity index (χ0v) is 15.5. The van der Waals surface area contributed by atoms with Gasteiger partial charge in [-0.15, -0.1) is 12.4 Å². The molecule has 25 heavy (non-hydrogen) atoms. The van der Waals surface area contributed by atoms with E-state index in [1.165, 1.54) is 12.1 Å². The van der Waals surface area contributed by atoms with E-state index >= 15 is 0 Å². The largest absolute Gasteiger partial charge is 0.389 e. The number of halogens is 1. The SMILES string of the molecule is Cc1ccc(S(=O)(=O)O)cc1.Cl.NCC(O)COCc1ccccc1. The molecular weight excluding hydrogens is 366 g/mol. The summed E-state index contributed by atoms with van der Waals surface area (Å²) >= 11 is 0. The number of aryl methyl sites for hydroxylation is 1. The Kier molecular flexibility index (Phi) is 11.3. The maximum Gasteiger partial charge on any atom is 0.294 e. The quantitative estimate of drug-likeness (QED) is 0.653. The third-order valence-corrected chi connectivity index (χ3v) is 3.88. The second-order valence-corrected chi connectivity index (χ2v) is 6.60. The van der Waals surface area contributed by atoms with Crippen LogP contribution in [0.5, 0.6) is 0 Å². The van der Waals surface area contributed by atoms with Crippen LogP contribution in [-0.2, 0) is 21.5 Å². The molecule has 0 amide bonds. The molecule has 2 rings (SSSR count). The van der Waals surface area contributed by atoms with Crippen molar-refractivity contribution in [2.24, 2.45) is 5.73 Å². The summed E-state index contributed by atoms with van der Waals surface area (Å²) < 4.78 is 34.8. The van der Waals surface area contributed by atoms with Crippen LogP contribution in [0.4, 0.5) is 0 Å². The lowest BCUT2D eigenvalue weighted by Crippen LogP contribution is -2.24. The van der Waals surface area contributed by atoms with Gasteiger partial charge in [0.05, 0.1) is 24.2 Å². The first-order valence-corrected chi connectivity index (χ1v) is 8.81. The van der Waals surface area contributed by atoms with Crippen LogP contribution in [0.15, 0.2) is 59.5 Å². The summed E-state index contributed by atoms with van der Waals surface area (Å²) in [7, 11) is -4.02. The van der Waals surface area contributed by atoms with Crippen molar-refractivity contribution >= 4 is 22.5 Å². The highest BCUT2D eigenvalue weighted by molar-refractivity contribution is 7.85. The molecule has 0 heterocycles. The summed E-state index contributed by atoms with van der Waals surface area (Å²) in [5.74, 6) is 0. The average molecular weight is 390 g/mol. The fraction of sp³-hybridized carbons (Fsp3) is 0.294. The normalized spacial score (nSPS) is 11.7. The fourth-order valence-corrected chi connectivity index (χ4v) is 2.15. The fourth-order valence-electron chi connectivity index (χ4n) is 1.67. The van der Waals surface area contributed by atoms with Crippen molar-refractivity contribution in [1.29, 1.82) is 0 Å². The highest BCUT2D eigenvalue weighted by Gasteiger charge is 2.06. The molecule has 0 aliphatic carbocycles. The zero-order valence-electron chi connectivity index (χ0n) is 13.9. The lowest BCUT2D eigenvalue weighted by molar-refractivity contribution is 0.0329. The number of nitrogens with two attached hydrogens (primary N) is 1. The van der Waals surface area contributed by atoms with Crippen molar-refractivity contribution in [3.8, 4) is 0 Å². The van der Waals surface area contributed by atoms with Crippen molar-refractivity contribution in [1.82, 2.24) is 0 Å². The van der Waals surface area contributed by atoms with Gasteiger partial charge in [-0.1, -0.05) is 48.0 Å². The van der Waals surface area contributed by atoms with Crippen LogP contribution in [0.3, 0.4) is 0 Å². The van der Waals surface area contributed by atoms with Gasteiger partial charge in [0.25, 0.3) is 10.1 Å². The summed E-state index contributed by atoms with van der Waals surface area (Å²) in [5.41, 5.74) is 7.28. The Morgan fingerprint density at radius 3 is 2.12 bits per heavy atom. The zero-order chi connectivity index (χ0) is 18.0. The van der Waals surface area contributed by atoms with E-state index in [1.807, 2.05) is 37.3 Å². The Labute approximate surface area is 154 Å². The number of benzene rings is 2. The predicted octanol–water partition coefficient (Wildman–Crippen LogP) is 2.19. The van der Waals surface area contributed by atoms with E-state index in [0.717, 1.165) is 11.1 Å². The molecule has 1 unspecified atom stereocenters. The van der Waals surface area contributed by atoms with Crippen LogP contribution >= 0.6 is 12.4 Å². The Balaban J connectivity index is 0.000000449. The second kappa shape index (κ2) is 12.0. The number of ether oxygens (including phenoxy) is 1. The second-order valence-electron chi connectivity index (χ2n) is 5.18. The molecule has 0 spiro atoms. The molecule has 0 saturated carbocycles. The lowest BCUT2D eigenvalue weighted by atomic mass is 10.2. The molecule has 0 aromatic heterocycles. The van der Waals surface area contributed by atoms with Crippen molar-refractivity contribution in [2.75, 3.05) is 13.2 Å². The first-order valence-electron chi connectivity index (χ1n) is 7.37. The van der Waals surface area contributed by atoms with Gasteiger partial charge in [-0.3, -0.25) is 4.55 Å². The van der Waals surface area contributed by atoms with Crippen LogP contribution < -0.4 is 5.73 Å². The van der Waals surface area contributed by atoms with Gasteiger partial charge in [-0.25, -0.2) is 0 Å². The van der Waals surface area contributed by atoms with E-state index in [2.05, 4.69) is 0 Å². The Morgan fingerprint density at radius 2 is 1.64 bits per heavy atom. The highest BCUT2D eigenvalue weighted by Crippen LogP contribution is 2.08. The Bertz CT molecular complexity index is 693. The van der Waals surface area contributed by atoms with Crippen molar-refractivity contribution in [2.45, 2.75) is 24.5 Å². The monoisotopic (exact) mass is 389 g/mol. The molecule has 4 N–H and O–H groups in total. The Hall–Kier alpha value is -1.48. The van der Waals surface area contributed by atoms with Crippen molar-refractivity contribution in [3.05, 3.63) is 65.7 Å². The van der Waals surface area contributed by atoms with Crippen LogP contribution in [-0.4, -0.2) is 37.3 Å². The Morgan fingerprint density at radius 1 is 1.08 bits per heavy atom. The van der Waals surface area contributed by atoms with E-state index in [1.54, 1.807) is 12.1 Å². The molecule has 0 radical (unpaired) electrons. The molecular formula is C17H24ClNO5S. The summed E-state index contributed by atoms with van der Waals surface area (Å²) in [6.07, 6.45) is -0.552. The molecule has 0 aliphatic heterocycles. The third-order valence-electron chi connectivity index (χ3n) is 3.01. The number of aliphatic hydroxyl groups excluding tert-OH is 1. The van der Waals surface area contributed by atoms with Crippen LogP contribution in [0, 0.1) is 6.92 Å². The molecule has 0 bridgehead atoms. The van der Waals surface area contributed by atoms with Crippen LogP contribution in [0.2, 0.25) is 0 Å². The molecule has 1 atom stereocenters. The van der Waals surface area contributed by atoms with E-state index in [0.29, 0.717) is 13.2 Å². The smallest absolute Gasteiger partial charge is 0.294 e. The van der Waals surface area contributed by atoms with E-state index in [9.17, 15) is 8.42 Å². The van der Waals surface area contributed by atoms with Gasteiger partial charge in [0, 0.05) is 6.54 Å². The van der Waals surface area contributed by atoms with E-state index in [4.69, 9.17) is 20.1 Å². The molecule has 0 saturated heterocycles. The summed E-state index contributed by atoms with van der Waals surface area (Å²) in [6.45, 7) is 2.91. The van der Waals surface area contributed by atoms with Crippen molar-refractivity contribution < 1.29 is 22.8 Å². The lowest BCUT2D eigenvalue weighted by Gasteiger charge is -2.08. The molecule has 140 valence electrons. The molecule has 2 aromatic rings. The number of hydrogen-bond donors (Lipinski definition) is 3. The van der Waals surface area contributed by atoms with Gasteiger partial charge >= 0.3 is 0 Å². The minimum atomic E-state index is -4.02. The topological polar surface area (TPSA) is 110 Å². The number of rotatable bonds is 6. The minimum absolute atomic E-state index is 0. The van der Waals surface area contributed by atoms with E-state index < -0.39 is 16.2 Å². The van der Waals surface area contributed by atoms with Crippen LogP contribution in [0.25, 0.3) is 0 Å². The summed E-state index contributed by atoms with van der Waals surface area (Å²) in [5, 5.41) is 9.09. The highest BCUT2D eigenvalue weighted by atomic mass is 35.5. The summed E-state index contributed by atoms with van der Waals surface area (Å²) in [4.78, 5) is -0.0666. The van der Waals surface area contributed by atoms with Gasteiger partial charge < -0.3 is 15.6 Å². The standard InChI is InChI=1S/C10H15NO2.C7H8O3S.ClH/c11-6-10(12)8-13-7-9-4-2-1-3-5-9;1-6-2-4-7(5-3-6)11(8,9)10;/h1-5,10,12H,6-8,11H2;2-5H,1H3,(H,8,9,10);1H. The van der Waals surface area contributed by atoms with Gasteiger partial charge in [-0.05, 0) is 24.6 Å². The molecule has 6 nitrogen and oxygen atoms in total. The first-order chi connectivity index (χ1) is 11.3. The molecule has 0 fully saturated rings. The van der Waals surface area contributed by atoms with Gasteiger partial charge in [0.1, 0.15) is 0 Å². The molecule has 8 heteroatoms. The molecule has 2 aromatic carbocycles. The number of aliphatic hydroxyl groups is 1.